The fourth-order valence-electron chi connectivity index (χ4n) is 2.75. The molecule has 0 saturated heterocycles. The van der Waals surface area contributed by atoms with E-state index >= 15 is 0 Å². The number of rotatable bonds is 9. The number of methoxy groups -OCH3 is 2. The van der Waals surface area contributed by atoms with Gasteiger partial charge in [-0.3, -0.25) is 9.69 Å². The Morgan fingerprint density at radius 3 is 2.22 bits per heavy atom. The molecule has 0 aliphatic rings. The molecule has 0 unspecified atom stereocenters. The number of ether oxygens (including phenoxy) is 2. The molecular weight excluding hydrogens is 342 g/mol. The molecule has 0 saturated carbocycles. The average molecular weight is 371 g/mol. The first-order valence-electron chi connectivity index (χ1n) is 8.97. The van der Waals surface area contributed by atoms with Gasteiger partial charge < -0.3 is 19.7 Å². The van der Waals surface area contributed by atoms with E-state index in [1.165, 1.54) is 5.56 Å². The zero-order valence-corrected chi connectivity index (χ0v) is 16.8. The SMILES string of the molecule is CCN(CC(=O)Nc1ccc(OC)c(OC)c1)Cc1ccc(N(C)C)cc1. The standard InChI is InChI=1S/C21H29N3O3/c1-6-24(14-16-7-10-18(11-8-16)23(2)3)15-21(25)22-17-9-12-19(26-4)20(13-17)27-5/h7-13H,6,14-15H2,1-5H3,(H,22,25). The lowest BCUT2D eigenvalue weighted by molar-refractivity contribution is -0.117. The third kappa shape index (κ3) is 5.89. The van der Waals surface area contributed by atoms with Crippen molar-refractivity contribution in [2.24, 2.45) is 0 Å². The number of carbonyl (C=O) groups excluding carboxylic acids is 1. The van der Waals surface area contributed by atoms with E-state index < -0.39 is 0 Å². The number of nitrogens with zero attached hydrogens (tertiary/aromatic N) is 2. The predicted octanol–water partition coefficient (Wildman–Crippen LogP) is 3.23. The van der Waals surface area contributed by atoms with Crippen molar-refractivity contribution in [2.45, 2.75) is 13.5 Å². The first kappa shape index (κ1) is 20.6. The van der Waals surface area contributed by atoms with Crippen LogP contribution in [0.15, 0.2) is 42.5 Å². The largest absolute Gasteiger partial charge is 0.493 e. The monoisotopic (exact) mass is 371 g/mol. The van der Waals surface area contributed by atoms with Gasteiger partial charge >= 0.3 is 0 Å². The Bertz CT molecular complexity index is 745. The van der Waals surface area contributed by atoms with Crippen LogP contribution in [0.25, 0.3) is 0 Å². The maximum atomic E-state index is 12.4. The van der Waals surface area contributed by atoms with E-state index in [-0.39, 0.29) is 5.91 Å². The first-order valence-corrected chi connectivity index (χ1v) is 8.97. The van der Waals surface area contributed by atoms with Crippen LogP contribution in [-0.2, 0) is 11.3 Å². The number of hydrogen-bond donors (Lipinski definition) is 1. The normalized spacial score (nSPS) is 10.6. The summed E-state index contributed by atoms with van der Waals surface area (Å²) < 4.78 is 10.5. The summed E-state index contributed by atoms with van der Waals surface area (Å²) in [6, 6.07) is 13.7. The highest BCUT2D eigenvalue weighted by molar-refractivity contribution is 5.92. The molecular formula is C21H29N3O3. The van der Waals surface area contributed by atoms with Crippen LogP contribution >= 0.6 is 0 Å². The lowest BCUT2D eigenvalue weighted by atomic mass is 10.2. The van der Waals surface area contributed by atoms with Crippen LogP contribution in [0.3, 0.4) is 0 Å². The third-order valence-corrected chi connectivity index (χ3v) is 4.34. The fraction of sp³-hybridized carbons (Fsp3) is 0.381. The summed E-state index contributed by atoms with van der Waals surface area (Å²) in [5, 5.41) is 2.92. The Labute approximate surface area is 161 Å². The third-order valence-electron chi connectivity index (χ3n) is 4.34. The minimum atomic E-state index is -0.0611. The number of anilines is 2. The Morgan fingerprint density at radius 1 is 1.00 bits per heavy atom. The van der Waals surface area contributed by atoms with Crippen LogP contribution in [0.1, 0.15) is 12.5 Å². The summed E-state index contributed by atoms with van der Waals surface area (Å²) in [5.41, 5.74) is 3.03. The van der Waals surface area contributed by atoms with Gasteiger partial charge in [-0.2, -0.15) is 0 Å². The van der Waals surface area contributed by atoms with Crippen molar-refractivity contribution in [3.05, 3.63) is 48.0 Å². The molecule has 27 heavy (non-hydrogen) atoms. The summed E-state index contributed by atoms with van der Waals surface area (Å²) in [6.45, 7) is 3.89. The number of nitrogens with one attached hydrogen (secondary N) is 1. The van der Waals surface area contributed by atoms with Gasteiger partial charge in [0.1, 0.15) is 0 Å². The number of likely N-dealkylation sites (N-methyl/N-ethyl adjacent to an activating group) is 1. The van der Waals surface area contributed by atoms with Gasteiger partial charge in [0.05, 0.1) is 20.8 Å². The highest BCUT2D eigenvalue weighted by atomic mass is 16.5. The second-order valence-corrected chi connectivity index (χ2v) is 6.48. The van der Waals surface area contributed by atoms with Crippen LogP contribution in [0.4, 0.5) is 11.4 Å². The highest BCUT2D eigenvalue weighted by Gasteiger charge is 2.12. The van der Waals surface area contributed by atoms with E-state index in [9.17, 15) is 4.79 Å². The quantitative estimate of drug-likeness (QED) is 0.733. The van der Waals surface area contributed by atoms with Crippen LogP contribution in [0, 0.1) is 0 Å². The molecule has 6 nitrogen and oxygen atoms in total. The van der Waals surface area contributed by atoms with Gasteiger partial charge in [0.15, 0.2) is 11.5 Å². The Morgan fingerprint density at radius 2 is 1.67 bits per heavy atom. The van der Waals surface area contributed by atoms with Crippen LogP contribution in [0.5, 0.6) is 11.5 Å². The molecule has 1 N–H and O–H groups in total. The van der Waals surface area contributed by atoms with Crippen molar-refractivity contribution in [3.8, 4) is 11.5 Å². The lowest BCUT2D eigenvalue weighted by Gasteiger charge is -2.21. The molecule has 0 aliphatic heterocycles. The van der Waals surface area contributed by atoms with Gasteiger partial charge in [0.2, 0.25) is 5.91 Å². The van der Waals surface area contributed by atoms with Crippen molar-refractivity contribution < 1.29 is 14.3 Å². The molecule has 2 aromatic rings. The lowest BCUT2D eigenvalue weighted by Crippen LogP contribution is -2.32. The zero-order valence-electron chi connectivity index (χ0n) is 16.8. The van der Waals surface area contributed by atoms with Gasteiger partial charge in [-0.05, 0) is 36.4 Å². The minimum Gasteiger partial charge on any atom is -0.493 e. The highest BCUT2D eigenvalue weighted by Crippen LogP contribution is 2.29. The Balaban J connectivity index is 1.96. The summed E-state index contributed by atoms with van der Waals surface area (Å²) in [4.78, 5) is 16.6. The van der Waals surface area contributed by atoms with E-state index in [1.54, 1.807) is 32.4 Å². The first-order chi connectivity index (χ1) is 13.0. The second kappa shape index (κ2) is 9.83. The van der Waals surface area contributed by atoms with E-state index in [2.05, 4.69) is 46.3 Å². The maximum Gasteiger partial charge on any atom is 0.238 e. The van der Waals surface area contributed by atoms with Gasteiger partial charge in [-0.25, -0.2) is 0 Å². The molecule has 0 bridgehead atoms. The summed E-state index contributed by atoms with van der Waals surface area (Å²) in [7, 11) is 7.20. The molecule has 0 aromatic heterocycles. The smallest absolute Gasteiger partial charge is 0.238 e. The van der Waals surface area contributed by atoms with Gasteiger partial charge in [-0.1, -0.05) is 19.1 Å². The minimum absolute atomic E-state index is 0.0611. The molecule has 1 amide bonds. The van der Waals surface area contributed by atoms with E-state index in [4.69, 9.17) is 9.47 Å². The molecule has 2 rings (SSSR count). The summed E-state index contributed by atoms with van der Waals surface area (Å²) in [6.07, 6.45) is 0. The Kier molecular flexibility index (Phi) is 7.49. The van der Waals surface area contributed by atoms with Gasteiger partial charge in [0, 0.05) is 38.1 Å². The molecule has 0 spiro atoms. The molecule has 2 aromatic carbocycles. The topological polar surface area (TPSA) is 54.0 Å². The Hall–Kier alpha value is -2.73. The maximum absolute atomic E-state index is 12.4. The average Bonchev–Trinajstić information content (AvgIpc) is 2.67. The molecule has 0 aliphatic carbocycles. The number of carbonyl (C=O) groups is 1. The van der Waals surface area contributed by atoms with Crippen molar-refractivity contribution in [2.75, 3.05) is 51.6 Å². The molecule has 0 atom stereocenters. The van der Waals surface area contributed by atoms with Crippen molar-refractivity contribution >= 4 is 17.3 Å². The second-order valence-electron chi connectivity index (χ2n) is 6.48. The number of amides is 1. The molecule has 0 fully saturated rings. The van der Waals surface area contributed by atoms with Gasteiger partial charge in [0.25, 0.3) is 0 Å². The molecule has 0 radical (unpaired) electrons. The fourth-order valence-corrected chi connectivity index (χ4v) is 2.75. The van der Waals surface area contributed by atoms with Gasteiger partial charge in [-0.15, -0.1) is 0 Å². The van der Waals surface area contributed by atoms with Crippen LogP contribution < -0.4 is 19.7 Å². The molecule has 6 heteroatoms. The zero-order chi connectivity index (χ0) is 19.8. The molecule has 0 heterocycles. The number of benzene rings is 2. The van der Waals surface area contributed by atoms with E-state index in [1.807, 2.05) is 14.1 Å². The summed E-state index contributed by atoms with van der Waals surface area (Å²) >= 11 is 0. The number of hydrogen-bond acceptors (Lipinski definition) is 5. The van der Waals surface area contributed by atoms with E-state index in [0.29, 0.717) is 23.7 Å². The summed E-state index contributed by atoms with van der Waals surface area (Å²) in [5.74, 6) is 1.16. The van der Waals surface area contributed by atoms with E-state index in [0.717, 1.165) is 18.8 Å². The van der Waals surface area contributed by atoms with Crippen molar-refractivity contribution in [1.82, 2.24) is 4.90 Å². The predicted molar refractivity (Wildman–Crippen MR) is 110 cm³/mol. The molecule has 146 valence electrons. The van der Waals surface area contributed by atoms with Crippen molar-refractivity contribution in [3.63, 3.8) is 0 Å². The van der Waals surface area contributed by atoms with Crippen LogP contribution in [0.2, 0.25) is 0 Å². The van der Waals surface area contributed by atoms with Crippen molar-refractivity contribution in [1.29, 1.82) is 0 Å². The van der Waals surface area contributed by atoms with Crippen LogP contribution in [-0.4, -0.2) is 52.2 Å².